The average Bonchev–Trinajstić information content (AvgIpc) is 2.66. The standard InChI is InChI=1S/C20H25N3O4/c1-15(2)19(22-17-8-10-18(11-9-17)23(25)26)12-13-21-20(24)27-14-16-6-4-3-5-7-16/h3-11,15,19,22H,12-14H2,1-2H3,(H,21,24)/t19-/m0/s1. The predicted molar refractivity (Wildman–Crippen MR) is 105 cm³/mol. The summed E-state index contributed by atoms with van der Waals surface area (Å²) in [6.45, 7) is 4.87. The summed E-state index contributed by atoms with van der Waals surface area (Å²) >= 11 is 0. The van der Waals surface area contributed by atoms with E-state index in [1.54, 1.807) is 12.1 Å². The summed E-state index contributed by atoms with van der Waals surface area (Å²) < 4.78 is 5.19. The van der Waals surface area contributed by atoms with Crippen molar-refractivity contribution in [2.24, 2.45) is 5.92 Å². The van der Waals surface area contributed by atoms with Crippen LogP contribution in [-0.2, 0) is 11.3 Å². The lowest BCUT2D eigenvalue weighted by atomic mass is 10.0. The number of nitrogens with zero attached hydrogens (tertiary/aromatic N) is 1. The molecule has 2 N–H and O–H groups in total. The van der Waals surface area contributed by atoms with E-state index >= 15 is 0 Å². The molecule has 1 amide bonds. The van der Waals surface area contributed by atoms with Crippen LogP contribution in [-0.4, -0.2) is 23.6 Å². The van der Waals surface area contributed by atoms with Gasteiger partial charge in [-0.1, -0.05) is 44.2 Å². The summed E-state index contributed by atoms with van der Waals surface area (Å²) in [5, 5.41) is 16.8. The highest BCUT2D eigenvalue weighted by Gasteiger charge is 2.14. The molecule has 0 bridgehead atoms. The first-order valence-corrected chi connectivity index (χ1v) is 8.91. The van der Waals surface area contributed by atoms with Crippen molar-refractivity contribution in [3.05, 3.63) is 70.3 Å². The summed E-state index contributed by atoms with van der Waals surface area (Å²) in [7, 11) is 0. The molecule has 2 aromatic rings. The molecule has 7 nitrogen and oxygen atoms in total. The van der Waals surface area contributed by atoms with Crippen LogP contribution >= 0.6 is 0 Å². The minimum absolute atomic E-state index is 0.0597. The van der Waals surface area contributed by atoms with Gasteiger partial charge in [0.05, 0.1) is 4.92 Å². The molecule has 0 aromatic heterocycles. The molecule has 0 unspecified atom stereocenters. The van der Waals surface area contributed by atoms with Crippen molar-refractivity contribution in [1.29, 1.82) is 0 Å². The number of ether oxygens (including phenoxy) is 1. The van der Waals surface area contributed by atoms with Crippen molar-refractivity contribution in [2.75, 3.05) is 11.9 Å². The van der Waals surface area contributed by atoms with E-state index < -0.39 is 11.0 Å². The second kappa shape index (κ2) is 10.2. The van der Waals surface area contributed by atoms with Gasteiger partial charge < -0.3 is 15.4 Å². The van der Waals surface area contributed by atoms with Gasteiger partial charge in [0, 0.05) is 30.4 Å². The Morgan fingerprint density at radius 3 is 2.37 bits per heavy atom. The zero-order valence-corrected chi connectivity index (χ0v) is 15.6. The van der Waals surface area contributed by atoms with Crippen LogP contribution in [0.4, 0.5) is 16.2 Å². The number of hydrogen-bond acceptors (Lipinski definition) is 5. The van der Waals surface area contributed by atoms with Crippen LogP contribution in [0.1, 0.15) is 25.8 Å². The predicted octanol–water partition coefficient (Wildman–Crippen LogP) is 4.35. The molecule has 0 saturated heterocycles. The molecule has 7 heteroatoms. The van der Waals surface area contributed by atoms with E-state index in [1.165, 1.54) is 12.1 Å². The molecule has 0 radical (unpaired) electrons. The first kappa shape index (κ1) is 20.2. The fourth-order valence-electron chi connectivity index (χ4n) is 2.57. The number of nitrogens with one attached hydrogen (secondary N) is 2. The molecule has 144 valence electrons. The van der Waals surface area contributed by atoms with Crippen molar-refractivity contribution in [3.8, 4) is 0 Å². The summed E-state index contributed by atoms with van der Waals surface area (Å²) in [6.07, 6.45) is 0.256. The molecule has 0 fully saturated rings. The van der Waals surface area contributed by atoms with E-state index in [9.17, 15) is 14.9 Å². The number of nitro groups is 1. The van der Waals surface area contributed by atoms with E-state index in [0.717, 1.165) is 11.3 Å². The second-order valence-corrected chi connectivity index (χ2v) is 6.58. The number of anilines is 1. The second-order valence-electron chi connectivity index (χ2n) is 6.58. The van der Waals surface area contributed by atoms with Gasteiger partial charge in [-0.2, -0.15) is 0 Å². The molecule has 0 heterocycles. The van der Waals surface area contributed by atoms with Crippen molar-refractivity contribution < 1.29 is 14.5 Å². The minimum Gasteiger partial charge on any atom is -0.445 e. The lowest BCUT2D eigenvalue weighted by Crippen LogP contribution is -2.33. The molecular formula is C20H25N3O4. The van der Waals surface area contributed by atoms with Gasteiger partial charge >= 0.3 is 6.09 Å². The smallest absolute Gasteiger partial charge is 0.407 e. The molecule has 1 atom stereocenters. The number of carbonyl (C=O) groups is 1. The molecule has 27 heavy (non-hydrogen) atoms. The first-order chi connectivity index (χ1) is 13.0. The van der Waals surface area contributed by atoms with Crippen molar-refractivity contribution in [3.63, 3.8) is 0 Å². The quantitative estimate of drug-likeness (QED) is 0.505. The fraction of sp³-hybridized carbons (Fsp3) is 0.350. The monoisotopic (exact) mass is 371 g/mol. The Kier molecular flexibility index (Phi) is 7.61. The maximum atomic E-state index is 11.8. The van der Waals surface area contributed by atoms with E-state index in [0.29, 0.717) is 18.9 Å². The summed E-state index contributed by atoms with van der Waals surface area (Å²) in [4.78, 5) is 22.1. The van der Waals surface area contributed by atoms with Gasteiger partial charge in [0.15, 0.2) is 0 Å². The van der Waals surface area contributed by atoms with Gasteiger partial charge in [-0.15, -0.1) is 0 Å². The highest BCUT2D eigenvalue weighted by molar-refractivity contribution is 5.67. The lowest BCUT2D eigenvalue weighted by molar-refractivity contribution is -0.384. The SMILES string of the molecule is CC(C)[C@H](CCNC(=O)OCc1ccccc1)Nc1ccc([N+](=O)[O-])cc1. The van der Waals surface area contributed by atoms with Crippen LogP contribution in [0, 0.1) is 16.0 Å². The van der Waals surface area contributed by atoms with E-state index in [-0.39, 0.29) is 18.3 Å². The molecule has 0 aliphatic rings. The highest BCUT2D eigenvalue weighted by atomic mass is 16.6. The largest absolute Gasteiger partial charge is 0.445 e. The van der Waals surface area contributed by atoms with Gasteiger partial charge in [0.2, 0.25) is 0 Å². The van der Waals surface area contributed by atoms with Gasteiger partial charge in [0.25, 0.3) is 5.69 Å². The fourth-order valence-corrected chi connectivity index (χ4v) is 2.57. The number of nitro benzene ring substituents is 1. The van der Waals surface area contributed by atoms with Crippen molar-refractivity contribution in [2.45, 2.75) is 32.9 Å². The van der Waals surface area contributed by atoms with Gasteiger partial charge in [0.1, 0.15) is 6.61 Å². The van der Waals surface area contributed by atoms with Crippen molar-refractivity contribution >= 4 is 17.5 Å². The number of amides is 1. The van der Waals surface area contributed by atoms with E-state index in [1.807, 2.05) is 30.3 Å². The molecule has 2 aromatic carbocycles. The molecule has 2 rings (SSSR count). The number of rotatable bonds is 9. The number of carbonyl (C=O) groups excluding carboxylic acids is 1. The Hall–Kier alpha value is -3.09. The molecule has 0 aliphatic heterocycles. The Morgan fingerprint density at radius 2 is 1.78 bits per heavy atom. The molecular weight excluding hydrogens is 346 g/mol. The van der Waals surface area contributed by atoms with Gasteiger partial charge in [-0.25, -0.2) is 4.79 Å². The van der Waals surface area contributed by atoms with Gasteiger partial charge in [-0.05, 0) is 30.0 Å². The number of non-ortho nitro benzene ring substituents is 1. The molecule has 0 aliphatic carbocycles. The third-order valence-corrected chi connectivity index (χ3v) is 4.17. The van der Waals surface area contributed by atoms with Crippen LogP contribution in [0.15, 0.2) is 54.6 Å². The topological polar surface area (TPSA) is 93.5 Å². The summed E-state index contributed by atoms with van der Waals surface area (Å²) in [5.41, 5.74) is 1.81. The summed E-state index contributed by atoms with van der Waals surface area (Å²) in [6, 6.07) is 15.9. The van der Waals surface area contributed by atoms with Crippen LogP contribution in [0.2, 0.25) is 0 Å². The Balaban J connectivity index is 1.76. The molecule has 0 spiro atoms. The maximum absolute atomic E-state index is 11.8. The number of alkyl carbamates (subject to hydrolysis) is 1. The Morgan fingerprint density at radius 1 is 1.11 bits per heavy atom. The van der Waals surface area contributed by atoms with Crippen LogP contribution in [0.25, 0.3) is 0 Å². The molecule has 0 saturated carbocycles. The van der Waals surface area contributed by atoms with Crippen LogP contribution in [0.3, 0.4) is 0 Å². The van der Waals surface area contributed by atoms with Crippen LogP contribution < -0.4 is 10.6 Å². The lowest BCUT2D eigenvalue weighted by Gasteiger charge is -2.23. The number of hydrogen-bond donors (Lipinski definition) is 2. The average molecular weight is 371 g/mol. The Labute approximate surface area is 158 Å². The third kappa shape index (κ3) is 6.97. The van der Waals surface area contributed by atoms with Crippen LogP contribution in [0.5, 0.6) is 0 Å². The van der Waals surface area contributed by atoms with E-state index in [2.05, 4.69) is 24.5 Å². The zero-order valence-electron chi connectivity index (χ0n) is 15.6. The highest BCUT2D eigenvalue weighted by Crippen LogP contribution is 2.19. The minimum atomic E-state index is -0.448. The normalized spacial score (nSPS) is 11.7. The maximum Gasteiger partial charge on any atom is 0.407 e. The van der Waals surface area contributed by atoms with E-state index in [4.69, 9.17) is 4.74 Å². The zero-order chi connectivity index (χ0) is 19.6. The van der Waals surface area contributed by atoms with Crippen molar-refractivity contribution in [1.82, 2.24) is 5.32 Å². The summed E-state index contributed by atoms with van der Waals surface area (Å²) in [5.74, 6) is 0.322. The third-order valence-electron chi connectivity index (χ3n) is 4.17. The number of benzene rings is 2. The van der Waals surface area contributed by atoms with Gasteiger partial charge in [-0.3, -0.25) is 10.1 Å². The Bertz CT molecular complexity index is 733. The first-order valence-electron chi connectivity index (χ1n) is 8.91.